The van der Waals surface area contributed by atoms with Gasteiger partial charge in [-0.1, -0.05) is 38.5 Å². The van der Waals surface area contributed by atoms with Crippen LogP contribution in [0, 0.1) is 17.3 Å². The molecule has 3 heteroatoms. The molecule has 2 unspecified atom stereocenters. The van der Waals surface area contributed by atoms with E-state index in [1.807, 2.05) is 11.8 Å². The molecular formula is C16H28N2S. The normalized spacial score (nSPS) is 38.2. The number of amidine groups is 1. The largest absolute Gasteiger partial charge is 0.362 e. The Bertz CT molecular complexity index is 337. The molecule has 0 bridgehead atoms. The van der Waals surface area contributed by atoms with E-state index < -0.39 is 0 Å². The third-order valence-electron chi connectivity index (χ3n) is 5.24. The summed E-state index contributed by atoms with van der Waals surface area (Å²) < 4.78 is 0. The van der Waals surface area contributed by atoms with Gasteiger partial charge in [-0.3, -0.25) is 4.99 Å². The minimum atomic E-state index is 0.572. The van der Waals surface area contributed by atoms with Crippen LogP contribution in [0.2, 0.25) is 0 Å². The van der Waals surface area contributed by atoms with E-state index in [-0.39, 0.29) is 0 Å². The van der Waals surface area contributed by atoms with Crippen LogP contribution >= 0.6 is 11.8 Å². The molecule has 1 aliphatic heterocycles. The predicted molar refractivity (Wildman–Crippen MR) is 84.8 cm³/mol. The zero-order valence-corrected chi connectivity index (χ0v) is 13.3. The Morgan fingerprint density at radius 1 is 1.11 bits per heavy atom. The van der Waals surface area contributed by atoms with E-state index in [0.29, 0.717) is 11.5 Å². The fraction of sp³-hybridized carbons (Fsp3) is 0.938. The fourth-order valence-electron chi connectivity index (χ4n) is 4.31. The van der Waals surface area contributed by atoms with E-state index in [2.05, 4.69) is 19.2 Å². The molecule has 2 nitrogen and oxygen atoms in total. The number of thioether (sulfide) groups is 1. The number of hydrogen-bond donors (Lipinski definition) is 1. The lowest BCUT2D eigenvalue weighted by atomic mass is 9.80. The van der Waals surface area contributed by atoms with Gasteiger partial charge >= 0.3 is 0 Å². The van der Waals surface area contributed by atoms with Crippen molar-refractivity contribution in [3.8, 4) is 0 Å². The lowest BCUT2D eigenvalue weighted by molar-refractivity contribution is 0.256. The molecule has 3 rings (SSSR count). The number of rotatable bonds is 1. The molecule has 19 heavy (non-hydrogen) atoms. The van der Waals surface area contributed by atoms with Crippen molar-refractivity contribution >= 4 is 16.9 Å². The van der Waals surface area contributed by atoms with E-state index in [0.717, 1.165) is 18.4 Å². The Hall–Kier alpha value is -0.180. The number of hydrogen-bond acceptors (Lipinski definition) is 3. The van der Waals surface area contributed by atoms with Gasteiger partial charge < -0.3 is 5.32 Å². The molecule has 1 heterocycles. The molecule has 2 atom stereocenters. The number of nitrogens with zero attached hydrogens (tertiary/aromatic N) is 1. The maximum absolute atomic E-state index is 4.88. The highest BCUT2D eigenvalue weighted by atomic mass is 32.2. The van der Waals surface area contributed by atoms with Crippen molar-refractivity contribution in [1.82, 2.24) is 5.32 Å². The third kappa shape index (κ3) is 3.29. The molecule has 0 radical (unpaired) electrons. The van der Waals surface area contributed by atoms with Gasteiger partial charge in [0.05, 0.1) is 0 Å². The smallest absolute Gasteiger partial charge is 0.156 e. The van der Waals surface area contributed by atoms with Gasteiger partial charge in [0.2, 0.25) is 0 Å². The van der Waals surface area contributed by atoms with Gasteiger partial charge in [-0.15, -0.1) is 0 Å². The Kier molecular flexibility index (Phi) is 4.11. The Morgan fingerprint density at radius 3 is 2.37 bits per heavy atom. The molecule has 1 spiro atoms. The van der Waals surface area contributed by atoms with Gasteiger partial charge in [0.1, 0.15) is 0 Å². The minimum Gasteiger partial charge on any atom is -0.362 e. The van der Waals surface area contributed by atoms with Crippen LogP contribution < -0.4 is 5.32 Å². The molecule has 0 aromatic rings. The number of nitrogens with one attached hydrogen (secondary N) is 1. The van der Waals surface area contributed by atoms with Gasteiger partial charge in [-0.05, 0) is 49.4 Å². The first-order valence-electron chi connectivity index (χ1n) is 8.09. The Labute approximate surface area is 122 Å². The molecule has 1 N–H and O–H groups in total. The summed E-state index contributed by atoms with van der Waals surface area (Å²) in [6, 6.07) is 0.669. The van der Waals surface area contributed by atoms with E-state index in [9.17, 15) is 0 Å². The van der Waals surface area contributed by atoms with Crippen molar-refractivity contribution in [2.24, 2.45) is 22.2 Å². The highest BCUT2D eigenvalue weighted by Crippen LogP contribution is 2.43. The standard InChI is InChI=1S/C16H28N2S/c1-12-7-13(2)9-14(8-12)18-15-17-10-16(11-19-15)5-3-4-6-16/h12-14H,3-11H2,1-2H3,(H,17,18). The van der Waals surface area contributed by atoms with Gasteiger partial charge in [0.25, 0.3) is 0 Å². The topological polar surface area (TPSA) is 24.4 Å². The van der Waals surface area contributed by atoms with Crippen LogP contribution in [0.1, 0.15) is 58.8 Å². The van der Waals surface area contributed by atoms with Crippen molar-refractivity contribution in [3.63, 3.8) is 0 Å². The molecule has 2 saturated carbocycles. The first-order valence-corrected chi connectivity index (χ1v) is 9.08. The number of aliphatic imine (C=N–C) groups is 1. The summed E-state index contributed by atoms with van der Waals surface area (Å²) in [6.07, 6.45) is 9.74. The third-order valence-corrected chi connectivity index (χ3v) is 6.52. The molecule has 0 aromatic carbocycles. The second-order valence-electron chi connectivity index (χ2n) is 7.38. The summed E-state index contributed by atoms with van der Waals surface area (Å²) in [5.74, 6) is 3.05. The van der Waals surface area contributed by atoms with Crippen LogP contribution in [0.4, 0.5) is 0 Å². The van der Waals surface area contributed by atoms with E-state index in [1.165, 1.54) is 55.9 Å². The fourth-order valence-corrected chi connectivity index (χ4v) is 5.54. The quantitative estimate of drug-likeness (QED) is 0.783. The Balaban J connectivity index is 1.54. The zero-order valence-electron chi connectivity index (χ0n) is 12.5. The molecule has 3 aliphatic rings. The van der Waals surface area contributed by atoms with Crippen LogP contribution in [0.15, 0.2) is 4.99 Å². The van der Waals surface area contributed by atoms with Gasteiger partial charge in [-0.25, -0.2) is 0 Å². The molecule has 0 amide bonds. The molecule has 2 fully saturated rings. The summed E-state index contributed by atoms with van der Waals surface area (Å²) in [7, 11) is 0. The average Bonchev–Trinajstić information content (AvgIpc) is 2.80. The van der Waals surface area contributed by atoms with Crippen molar-refractivity contribution in [1.29, 1.82) is 0 Å². The van der Waals surface area contributed by atoms with Crippen molar-refractivity contribution in [2.45, 2.75) is 64.8 Å². The predicted octanol–water partition coefficient (Wildman–Crippen LogP) is 4.06. The summed E-state index contributed by atoms with van der Waals surface area (Å²) in [5, 5.41) is 4.98. The summed E-state index contributed by atoms with van der Waals surface area (Å²) in [5.41, 5.74) is 0.572. The molecule has 0 aromatic heterocycles. The van der Waals surface area contributed by atoms with Crippen molar-refractivity contribution in [3.05, 3.63) is 0 Å². The summed E-state index contributed by atoms with van der Waals surface area (Å²) >= 11 is 1.99. The molecule has 0 saturated heterocycles. The van der Waals surface area contributed by atoms with Crippen LogP contribution in [-0.4, -0.2) is 23.5 Å². The SMILES string of the molecule is CC1CC(C)CC(NC2=NCC3(CCCC3)CS2)C1. The highest BCUT2D eigenvalue weighted by Gasteiger charge is 2.37. The molecule has 2 aliphatic carbocycles. The second kappa shape index (κ2) is 5.67. The van der Waals surface area contributed by atoms with Crippen LogP contribution in [0.25, 0.3) is 0 Å². The van der Waals surface area contributed by atoms with Gasteiger partial charge in [-0.2, -0.15) is 0 Å². The van der Waals surface area contributed by atoms with Crippen LogP contribution in [0.5, 0.6) is 0 Å². The maximum Gasteiger partial charge on any atom is 0.156 e. The lowest BCUT2D eigenvalue weighted by Gasteiger charge is -2.35. The first kappa shape index (κ1) is 13.8. The first-order chi connectivity index (χ1) is 9.15. The summed E-state index contributed by atoms with van der Waals surface area (Å²) in [6.45, 7) is 5.88. The van der Waals surface area contributed by atoms with Crippen molar-refractivity contribution in [2.75, 3.05) is 12.3 Å². The van der Waals surface area contributed by atoms with Gasteiger partial charge in [0, 0.05) is 18.3 Å². The molecule has 108 valence electrons. The van der Waals surface area contributed by atoms with E-state index >= 15 is 0 Å². The second-order valence-corrected chi connectivity index (χ2v) is 8.34. The van der Waals surface area contributed by atoms with Crippen molar-refractivity contribution < 1.29 is 0 Å². The monoisotopic (exact) mass is 280 g/mol. The van der Waals surface area contributed by atoms with Crippen LogP contribution in [0.3, 0.4) is 0 Å². The lowest BCUT2D eigenvalue weighted by Crippen LogP contribution is -2.41. The highest BCUT2D eigenvalue weighted by molar-refractivity contribution is 8.13. The Morgan fingerprint density at radius 2 is 1.79 bits per heavy atom. The minimum absolute atomic E-state index is 0.572. The zero-order chi connectivity index (χ0) is 13.3. The maximum atomic E-state index is 4.88. The van der Waals surface area contributed by atoms with E-state index in [4.69, 9.17) is 4.99 Å². The average molecular weight is 280 g/mol. The van der Waals surface area contributed by atoms with Gasteiger partial charge in [0.15, 0.2) is 5.17 Å². The summed E-state index contributed by atoms with van der Waals surface area (Å²) in [4.78, 5) is 4.88. The van der Waals surface area contributed by atoms with Crippen LogP contribution in [-0.2, 0) is 0 Å². The molecular weight excluding hydrogens is 252 g/mol. The van der Waals surface area contributed by atoms with E-state index in [1.54, 1.807) is 0 Å².